The van der Waals surface area contributed by atoms with Crippen molar-refractivity contribution >= 4 is 27.5 Å². The van der Waals surface area contributed by atoms with Crippen molar-refractivity contribution in [3.63, 3.8) is 0 Å². The molecule has 5 rings (SSSR count). The average Bonchev–Trinajstić information content (AvgIpc) is 3.17. The SMILES string of the molecule is Cc1cccc(-n2nc(C)c3c2OC(N)=C(C#N)C32C(=O)Nc3ccc(Br)cc32)c1. The minimum Gasteiger partial charge on any atom is -0.422 e. The fourth-order valence-electron chi connectivity index (χ4n) is 4.34. The number of aromatic nitrogens is 2. The molecule has 2 aromatic carbocycles. The van der Waals surface area contributed by atoms with E-state index >= 15 is 0 Å². The molecule has 3 heterocycles. The highest BCUT2D eigenvalue weighted by Crippen LogP contribution is 2.55. The van der Waals surface area contributed by atoms with Gasteiger partial charge in [0.1, 0.15) is 17.1 Å². The number of carbonyl (C=O) groups excluding carboxylic acids is 1. The van der Waals surface area contributed by atoms with Gasteiger partial charge < -0.3 is 15.8 Å². The van der Waals surface area contributed by atoms with Gasteiger partial charge in [0, 0.05) is 15.7 Å². The van der Waals surface area contributed by atoms with Crippen LogP contribution in [0.3, 0.4) is 0 Å². The van der Waals surface area contributed by atoms with Gasteiger partial charge in [-0.25, -0.2) is 4.68 Å². The molecule has 8 heteroatoms. The Morgan fingerprint density at radius 3 is 2.80 bits per heavy atom. The van der Waals surface area contributed by atoms with Crippen LogP contribution in [-0.4, -0.2) is 15.7 Å². The van der Waals surface area contributed by atoms with Gasteiger partial charge in [-0.05, 0) is 49.7 Å². The highest BCUT2D eigenvalue weighted by molar-refractivity contribution is 9.10. The van der Waals surface area contributed by atoms with Crippen LogP contribution in [0.25, 0.3) is 5.69 Å². The first kappa shape index (κ1) is 18.5. The molecule has 3 aromatic rings. The molecule has 0 fully saturated rings. The molecule has 2 aliphatic rings. The lowest BCUT2D eigenvalue weighted by molar-refractivity contribution is -0.118. The molecular weight excluding hydrogens is 446 g/mol. The van der Waals surface area contributed by atoms with Crippen molar-refractivity contribution in [3.8, 4) is 17.6 Å². The Bertz CT molecular complexity index is 1330. The molecule has 1 spiro atoms. The number of hydrogen-bond acceptors (Lipinski definition) is 5. The first-order valence-electron chi connectivity index (χ1n) is 9.24. The zero-order valence-electron chi connectivity index (χ0n) is 16.2. The highest BCUT2D eigenvalue weighted by Gasteiger charge is 2.58. The van der Waals surface area contributed by atoms with Crippen LogP contribution >= 0.6 is 15.9 Å². The average molecular weight is 462 g/mol. The second-order valence-corrected chi connectivity index (χ2v) is 8.28. The second-order valence-electron chi connectivity index (χ2n) is 7.36. The van der Waals surface area contributed by atoms with Gasteiger partial charge in [0.2, 0.25) is 17.7 Å². The van der Waals surface area contributed by atoms with Crippen LogP contribution in [0.4, 0.5) is 5.69 Å². The quantitative estimate of drug-likeness (QED) is 0.575. The topological polar surface area (TPSA) is 106 Å². The molecular formula is C22H16BrN5O2. The van der Waals surface area contributed by atoms with E-state index in [1.807, 2.05) is 43.3 Å². The number of benzene rings is 2. The summed E-state index contributed by atoms with van der Waals surface area (Å²) in [6.07, 6.45) is 0. The summed E-state index contributed by atoms with van der Waals surface area (Å²) in [5, 5.41) is 17.6. The minimum absolute atomic E-state index is 0.0521. The summed E-state index contributed by atoms with van der Waals surface area (Å²) in [5.41, 5.74) is 9.00. The Hall–Kier alpha value is -3.57. The number of amides is 1. The molecule has 0 saturated carbocycles. The molecule has 0 saturated heterocycles. The largest absolute Gasteiger partial charge is 0.422 e. The van der Waals surface area contributed by atoms with E-state index in [0.29, 0.717) is 28.4 Å². The maximum Gasteiger partial charge on any atom is 0.245 e. The van der Waals surface area contributed by atoms with E-state index in [9.17, 15) is 10.1 Å². The molecule has 30 heavy (non-hydrogen) atoms. The Morgan fingerprint density at radius 1 is 1.27 bits per heavy atom. The third-order valence-corrected chi connectivity index (χ3v) is 6.05. The molecule has 2 aliphatic heterocycles. The van der Waals surface area contributed by atoms with E-state index in [1.54, 1.807) is 17.7 Å². The molecule has 0 aliphatic carbocycles. The monoisotopic (exact) mass is 461 g/mol. The number of nitrogens with one attached hydrogen (secondary N) is 1. The molecule has 1 atom stereocenters. The third-order valence-electron chi connectivity index (χ3n) is 5.55. The van der Waals surface area contributed by atoms with E-state index in [0.717, 1.165) is 15.7 Å². The van der Waals surface area contributed by atoms with Crippen LogP contribution in [0.15, 0.2) is 58.4 Å². The van der Waals surface area contributed by atoms with Gasteiger partial charge in [0.15, 0.2) is 0 Å². The fourth-order valence-corrected chi connectivity index (χ4v) is 4.70. The predicted molar refractivity (Wildman–Crippen MR) is 114 cm³/mol. The number of rotatable bonds is 1. The summed E-state index contributed by atoms with van der Waals surface area (Å²) in [4.78, 5) is 13.5. The van der Waals surface area contributed by atoms with Crippen molar-refractivity contribution in [3.05, 3.63) is 80.8 Å². The van der Waals surface area contributed by atoms with Gasteiger partial charge in [-0.2, -0.15) is 10.4 Å². The third kappa shape index (κ3) is 2.24. The van der Waals surface area contributed by atoms with Crippen molar-refractivity contribution in [1.82, 2.24) is 9.78 Å². The highest BCUT2D eigenvalue weighted by atomic mass is 79.9. The van der Waals surface area contributed by atoms with Crippen molar-refractivity contribution in [2.75, 3.05) is 5.32 Å². The minimum atomic E-state index is -1.43. The number of fused-ring (bicyclic) bond motifs is 4. The number of nitrogens with zero attached hydrogens (tertiary/aromatic N) is 3. The summed E-state index contributed by atoms with van der Waals surface area (Å²) >= 11 is 3.48. The van der Waals surface area contributed by atoms with Crippen LogP contribution in [-0.2, 0) is 10.2 Å². The van der Waals surface area contributed by atoms with E-state index < -0.39 is 5.41 Å². The Morgan fingerprint density at radius 2 is 2.07 bits per heavy atom. The first-order chi connectivity index (χ1) is 14.4. The number of ether oxygens (including phenoxy) is 1. The van der Waals surface area contributed by atoms with Gasteiger partial charge in [-0.1, -0.05) is 28.1 Å². The maximum atomic E-state index is 13.5. The van der Waals surface area contributed by atoms with Gasteiger partial charge in [0.25, 0.3) is 0 Å². The molecule has 7 nitrogen and oxygen atoms in total. The van der Waals surface area contributed by atoms with Crippen LogP contribution in [0.5, 0.6) is 5.88 Å². The fraction of sp³-hybridized carbons (Fsp3) is 0.136. The number of carbonyl (C=O) groups is 1. The van der Waals surface area contributed by atoms with Gasteiger partial charge >= 0.3 is 0 Å². The second kappa shape index (κ2) is 6.21. The van der Waals surface area contributed by atoms with E-state index in [-0.39, 0.29) is 17.4 Å². The summed E-state index contributed by atoms with van der Waals surface area (Å²) in [6.45, 7) is 3.78. The molecule has 148 valence electrons. The molecule has 1 unspecified atom stereocenters. The summed E-state index contributed by atoms with van der Waals surface area (Å²) < 4.78 is 8.32. The Balaban J connectivity index is 1.89. The normalized spacial score (nSPS) is 19.2. The smallest absolute Gasteiger partial charge is 0.245 e. The Kier molecular flexibility index (Phi) is 3.82. The summed E-state index contributed by atoms with van der Waals surface area (Å²) in [5.74, 6) is -0.133. The number of nitriles is 1. The maximum absolute atomic E-state index is 13.5. The van der Waals surface area contributed by atoms with Gasteiger partial charge in [-0.15, -0.1) is 0 Å². The molecule has 1 aromatic heterocycles. The number of nitrogens with two attached hydrogens (primary N) is 1. The Labute approximate surface area is 180 Å². The lowest BCUT2D eigenvalue weighted by Gasteiger charge is -2.32. The van der Waals surface area contributed by atoms with Crippen LogP contribution in [0.1, 0.15) is 22.4 Å². The van der Waals surface area contributed by atoms with E-state index in [2.05, 4.69) is 32.4 Å². The summed E-state index contributed by atoms with van der Waals surface area (Å²) in [6, 6.07) is 15.3. The standard InChI is InChI=1S/C22H16BrN5O2/c1-11-4-3-5-14(8-11)28-20-18(12(2)27-28)22(16(10-24)19(25)30-20)15-9-13(23)6-7-17(15)26-21(22)29/h3-9H,25H2,1-2H3,(H,26,29). The zero-order valence-corrected chi connectivity index (χ0v) is 17.7. The number of anilines is 1. The summed E-state index contributed by atoms with van der Waals surface area (Å²) in [7, 11) is 0. The van der Waals surface area contributed by atoms with E-state index in [1.165, 1.54) is 0 Å². The van der Waals surface area contributed by atoms with Crippen LogP contribution in [0.2, 0.25) is 0 Å². The number of aryl methyl sites for hydroxylation is 2. The van der Waals surface area contributed by atoms with Crippen molar-refractivity contribution in [2.45, 2.75) is 19.3 Å². The molecule has 1 amide bonds. The zero-order chi connectivity index (χ0) is 21.2. The first-order valence-corrected chi connectivity index (χ1v) is 10.0. The lowest BCUT2D eigenvalue weighted by Crippen LogP contribution is -2.42. The molecule has 0 bridgehead atoms. The van der Waals surface area contributed by atoms with Crippen molar-refractivity contribution < 1.29 is 9.53 Å². The predicted octanol–water partition coefficient (Wildman–Crippen LogP) is 3.58. The van der Waals surface area contributed by atoms with E-state index in [4.69, 9.17) is 10.5 Å². The van der Waals surface area contributed by atoms with Gasteiger partial charge in [-0.3, -0.25) is 4.79 Å². The number of halogens is 1. The van der Waals surface area contributed by atoms with Crippen LogP contribution in [0, 0.1) is 25.2 Å². The van der Waals surface area contributed by atoms with Gasteiger partial charge in [0.05, 0.1) is 16.9 Å². The number of hydrogen-bond donors (Lipinski definition) is 2. The van der Waals surface area contributed by atoms with Crippen LogP contribution < -0.4 is 15.8 Å². The lowest BCUT2D eigenvalue weighted by atomic mass is 9.69. The molecule has 0 radical (unpaired) electrons. The van der Waals surface area contributed by atoms with Crippen molar-refractivity contribution in [2.24, 2.45) is 5.73 Å². The van der Waals surface area contributed by atoms with Crippen molar-refractivity contribution in [1.29, 1.82) is 5.26 Å². The molecule has 3 N–H and O–H groups in total.